The zero-order valence-corrected chi connectivity index (χ0v) is 15.2. The molecule has 140 valence electrons. The molecule has 0 bridgehead atoms. The fourth-order valence-electron chi connectivity index (χ4n) is 3.75. The quantitative estimate of drug-likeness (QED) is 0.571. The highest BCUT2D eigenvalue weighted by Crippen LogP contribution is 2.43. The molecule has 2 aromatic carbocycles. The number of anilines is 1. The van der Waals surface area contributed by atoms with E-state index in [1.54, 1.807) is 17.6 Å². The zero-order valence-electron chi connectivity index (χ0n) is 15.2. The fourth-order valence-corrected chi connectivity index (χ4v) is 3.75. The van der Waals surface area contributed by atoms with Crippen LogP contribution in [0.2, 0.25) is 0 Å². The van der Waals surface area contributed by atoms with E-state index in [0.717, 1.165) is 40.6 Å². The maximum Gasteiger partial charge on any atom is 0.274 e. The molecule has 5 rings (SSSR count). The van der Waals surface area contributed by atoms with Crippen molar-refractivity contribution < 1.29 is 10.0 Å². The van der Waals surface area contributed by atoms with Crippen LogP contribution in [0.4, 0.5) is 11.4 Å². The molecule has 0 atom stereocenters. The Labute approximate surface area is 162 Å². The van der Waals surface area contributed by atoms with Crippen LogP contribution in [0, 0.1) is 0 Å². The van der Waals surface area contributed by atoms with Gasteiger partial charge in [-0.1, -0.05) is 36.4 Å². The van der Waals surface area contributed by atoms with Gasteiger partial charge < -0.3 is 10.2 Å². The van der Waals surface area contributed by atoms with Gasteiger partial charge in [-0.3, -0.25) is 10.0 Å². The summed E-state index contributed by atoms with van der Waals surface area (Å²) in [6.45, 7) is 0.785. The average Bonchev–Trinajstić information content (AvgIpc) is 3.59. The van der Waals surface area contributed by atoms with Crippen molar-refractivity contribution in [1.29, 1.82) is 0 Å². The first-order valence-corrected chi connectivity index (χ1v) is 9.43. The van der Waals surface area contributed by atoms with Gasteiger partial charge in [0.25, 0.3) is 5.91 Å². The molecule has 0 saturated heterocycles. The van der Waals surface area contributed by atoms with Crippen LogP contribution in [0.1, 0.15) is 28.8 Å². The number of nitrogens with one attached hydrogen (secondary N) is 2. The van der Waals surface area contributed by atoms with Gasteiger partial charge in [0, 0.05) is 29.3 Å². The summed E-state index contributed by atoms with van der Waals surface area (Å²) < 4.78 is 0. The van der Waals surface area contributed by atoms with E-state index in [9.17, 15) is 4.79 Å². The van der Waals surface area contributed by atoms with E-state index in [1.807, 2.05) is 24.3 Å². The molecule has 6 nitrogen and oxygen atoms in total. The number of hydroxylamine groups is 1. The molecular formula is C22H20N4O2. The largest absolute Gasteiger partial charge is 0.367 e. The van der Waals surface area contributed by atoms with E-state index < -0.39 is 5.91 Å². The minimum Gasteiger partial charge on any atom is -0.367 e. The molecule has 3 N–H and O–H groups in total. The lowest BCUT2D eigenvalue weighted by Gasteiger charge is -2.30. The van der Waals surface area contributed by atoms with Gasteiger partial charge in [0.2, 0.25) is 0 Å². The van der Waals surface area contributed by atoms with E-state index in [0.29, 0.717) is 11.6 Å². The number of hydrogen-bond acceptors (Lipinski definition) is 5. The molecular weight excluding hydrogens is 352 g/mol. The van der Waals surface area contributed by atoms with Crippen molar-refractivity contribution in [1.82, 2.24) is 10.8 Å². The molecule has 0 aromatic heterocycles. The first-order valence-electron chi connectivity index (χ1n) is 9.43. The number of nitrogens with zero attached hydrogens (tertiary/aromatic N) is 2. The van der Waals surface area contributed by atoms with Crippen LogP contribution < -0.4 is 15.7 Å². The second kappa shape index (κ2) is 6.65. The Morgan fingerprint density at radius 3 is 2.68 bits per heavy atom. The Bertz CT molecular complexity index is 1030. The van der Waals surface area contributed by atoms with Crippen LogP contribution in [-0.4, -0.2) is 29.4 Å². The molecule has 1 aliphatic carbocycles. The Morgan fingerprint density at radius 2 is 1.93 bits per heavy atom. The van der Waals surface area contributed by atoms with Gasteiger partial charge in [0.1, 0.15) is 5.82 Å². The minimum absolute atomic E-state index is 0.395. The summed E-state index contributed by atoms with van der Waals surface area (Å²) >= 11 is 0. The number of carbonyl (C=O) groups is 1. The summed E-state index contributed by atoms with van der Waals surface area (Å²) in [5.74, 6) is 0.560. The van der Waals surface area contributed by atoms with Gasteiger partial charge >= 0.3 is 0 Å². The van der Waals surface area contributed by atoms with Crippen molar-refractivity contribution in [2.45, 2.75) is 18.9 Å². The Balaban J connectivity index is 1.68. The topological polar surface area (TPSA) is 77.0 Å². The molecule has 1 saturated carbocycles. The number of benzene rings is 2. The van der Waals surface area contributed by atoms with Gasteiger partial charge in [-0.15, -0.1) is 0 Å². The van der Waals surface area contributed by atoms with Crippen LogP contribution in [0.3, 0.4) is 0 Å². The van der Waals surface area contributed by atoms with Crippen molar-refractivity contribution in [2.24, 2.45) is 4.99 Å². The number of rotatable bonds is 3. The third-order valence-electron chi connectivity index (χ3n) is 5.23. The number of aliphatic imine (C=N–C) groups is 1. The number of dihydropyridines is 1. The summed E-state index contributed by atoms with van der Waals surface area (Å²) in [4.78, 5) is 19.1. The van der Waals surface area contributed by atoms with Crippen molar-refractivity contribution in [3.8, 4) is 0 Å². The lowest BCUT2D eigenvalue weighted by atomic mass is 9.98. The molecule has 0 spiro atoms. The molecule has 2 aliphatic heterocycles. The molecule has 28 heavy (non-hydrogen) atoms. The molecule has 6 heteroatoms. The van der Waals surface area contributed by atoms with E-state index in [2.05, 4.69) is 34.5 Å². The SMILES string of the molecule is O=C(NO)c1ccc(C2=Nc3ccccc3N(C3CC3)C3=C2C=CCN3)cc1. The third kappa shape index (κ3) is 2.78. The lowest BCUT2D eigenvalue weighted by Crippen LogP contribution is -2.37. The predicted octanol–water partition coefficient (Wildman–Crippen LogP) is 3.28. The number of fused-ring (bicyclic) bond motifs is 1. The summed E-state index contributed by atoms with van der Waals surface area (Å²) in [7, 11) is 0. The first-order chi connectivity index (χ1) is 13.8. The fraction of sp³-hybridized carbons (Fsp3) is 0.182. The number of carbonyl (C=O) groups excluding carboxylic acids is 1. The van der Waals surface area contributed by atoms with Crippen LogP contribution >= 0.6 is 0 Å². The second-order valence-corrected chi connectivity index (χ2v) is 7.11. The monoisotopic (exact) mass is 372 g/mol. The van der Waals surface area contributed by atoms with Crippen LogP contribution in [0.5, 0.6) is 0 Å². The summed E-state index contributed by atoms with van der Waals surface area (Å²) in [5, 5.41) is 12.4. The number of hydrogen-bond donors (Lipinski definition) is 3. The average molecular weight is 372 g/mol. The van der Waals surface area contributed by atoms with Crippen molar-refractivity contribution in [3.05, 3.63) is 83.2 Å². The van der Waals surface area contributed by atoms with Crippen molar-refractivity contribution in [3.63, 3.8) is 0 Å². The molecule has 1 fully saturated rings. The summed E-state index contributed by atoms with van der Waals surface area (Å²) in [6.07, 6.45) is 6.58. The van der Waals surface area contributed by atoms with E-state index in [1.165, 1.54) is 12.8 Å². The first kappa shape index (κ1) is 16.8. The van der Waals surface area contributed by atoms with Crippen LogP contribution in [0.15, 0.2) is 77.1 Å². The van der Waals surface area contributed by atoms with Gasteiger partial charge in [0.05, 0.1) is 17.1 Å². The summed E-state index contributed by atoms with van der Waals surface area (Å²) in [5.41, 5.74) is 6.95. The molecule has 0 radical (unpaired) electrons. The minimum atomic E-state index is -0.529. The maximum atomic E-state index is 11.6. The van der Waals surface area contributed by atoms with Gasteiger partial charge in [-0.25, -0.2) is 10.5 Å². The Hall–Kier alpha value is -3.38. The van der Waals surface area contributed by atoms with Gasteiger partial charge in [-0.05, 0) is 37.1 Å². The number of amides is 1. The number of para-hydroxylation sites is 2. The summed E-state index contributed by atoms with van der Waals surface area (Å²) in [6, 6.07) is 15.8. The van der Waals surface area contributed by atoms with Crippen LogP contribution in [0.25, 0.3) is 0 Å². The third-order valence-corrected chi connectivity index (χ3v) is 5.23. The zero-order chi connectivity index (χ0) is 19.1. The number of allylic oxidation sites excluding steroid dienone is 2. The Kier molecular flexibility index (Phi) is 3.98. The highest BCUT2D eigenvalue weighted by Gasteiger charge is 2.36. The highest BCUT2D eigenvalue weighted by molar-refractivity contribution is 6.17. The van der Waals surface area contributed by atoms with E-state index in [4.69, 9.17) is 10.2 Å². The molecule has 3 aliphatic rings. The Morgan fingerprint density at radius 1 is 1.14 bits per heavy atom. The van der Waals surface area contributed by atoms with Crippen molar-refractivity contribution in [2.75, 3.05) is 11.4 Å². The van der Waals surface area contributed by atoms with Gasteiger partial charge in [0.15, 0.2) is 0 Å². The molecule has 0 unspecified atom stereocenters. The van der Waals surface area contributed by atoms with Gasteiger partial charge in [-0.2, -0.15) is 0 Å². The molecule has 1 amide bonds. The maximum absolute atomic E-state index is 11.6. The normalized spacial score (nSPS) is 17.9. The standard InChI is InChI=1S/C22H20N4O2/c27-22(25-28)15-9-7-14(8-10-15)20-17-4-3-13-23-21(17)26(16-11-12-16)19-6-2-1-5-18(19)24-20/h1-10,16,23,28H,11-13H2,(H,25,27). The van der Waals surface area contributed by atoms with Crippen LogP contribution in [-0.2, 0) is 0 Å². The highest BCUT2D eigenvalue weighted by atomic mass is 16.5. The lowest BCUT2D eigenvalue weighted by molar-refractivity contribution is 0.0706. The van der Waals surface area contributed by atoms with Crippen molar-refractivity contribution >= 4 is 23.0 Å². The second-order valence-electron chi connectivity index (χ2n) is 7.11. The molecule has 2 aromatic rings. The van der Waals surface area contributed by atoms with E-state index >= 15 is 0 Å². The smallest absolute Gasteiger partial charge is 0.274 e. The predicted molar refractivity (Wildman–Crippen MR) is 108 cm³/mol. The van der Waals surface area contributed by atoms with E-state index in [-0.39, 0.29) is 0 Å². The molecule has 2 heterocycles.